The Kier molecular flexibility index (Phi) is 3.13. The summed E-state index contributed by atoms with van der Waals surface area (Å²) in [6.07, 6.45) is 2.25. The molecule has 0 aliphatic heterocycles. The first-order chi connectivity index (χ1) is 10.7. The van der Waals surface area contributed by atoms with Gasteiger partial charge in [0.15, 0.2) is 0 Å². The second-order valence-corrected chi connectivity index (χ2v) is 6.17. The van der Waals surface area contributed by atoms with Crippen molar-refractivity contribution in [2.45, 2.75) is 18.4 Å². The van der Waals surface area contributed by atoms with Crippen molar-refractivity contribution in [2.24, 2.45) is 0 Å². The van der Waals surface area contributed by atoms with E-state index >= 15 is 0 Å². The third kappa shape index (κ3) is 2.01. The number of H-pyrrole nitrogens is 1. The Balaban J connectivity index is 1.87. The van der Waals surface area contributed by atoms with Crippen LogP contribution in [0.5, 0.6) is 5.75 Å². The van der Waals surface area contributed by atoms with Crippen molar-refractivity contribution < 1.29 is 9.84 Å². The average molecular weight is 314 g/mol. The number of fused-ring (bicyclic) bond motifs is 2. The molecule has 2 N–H and O–H groups in total. The van der Waals surface area contributed by atoms with Crippen molar-refractivity contribution in [2.75, 3.05) is 7.11 Å². The summed E-state index contributed by atoms with van der Waals surface area (Å²) >= 11 is 6.06. The molecule has 0 fully saturated rings. The zero-order valence-corrected chi connectivity index (χ0v) is 12.9. The molecule has 2 atom stereocenters. The Morgan fingerprint density at radius 3 is 2.82 bits per heavy atom. The normalized spacial score (nSPS) is 20.3. The van der Waals surface area contributed by atoms with E-state index in [1.807, 2.05) is 42.6 Å². The van der Waals surface area contributed by atoms with Crippen LogP contribution in [0.1, 0.15) is 35.1 Å². The molecule has 112 valence electrons. The summed E-state index contributed by atoms with van der Waals surface area (Å²) in [6, 6.07) is 11.8. The monoisotopic (exact) mass is 313 g/mol. The van der Waals surface area contributed by atoms with Crippen LogP contribution in [0.15, 0.2) is 42.6 Å². The highest BCUT2D eigenvalue weighted by Gasteiger charge is 2.32. The largest absolute Gasteiger partial charge is 0.497 e. The maximum Gasteiger partial charge on any atom is 0.119 e. The number of ether oxygens (including phenoxy) is 1. The van der Waals surface area contributed by atoms with Gasteiger partial charge < -0.3 is 14.8 Å². The minimum absolute atomic E-state index is 0.170. The SMILES string of the molecule is COc1ccc2[nH]cc(C3CC(O)c4cc(Cl)ccc43)c2c1. The molecular formula is C18H16ClNO2. The number of aliphatic hydroxyl groups is 1. The minimum Gasteiger partial charge on any atom is -0.497 e. The smallest absolute Gasteiger partial charge is 0.119 e. The fraction of sp³-hybridized carbons (Fsp3) is 0.222. The van der Waals surface area contributed by atoms with Crippen LogP contribution in [-0.2, 0) is 0 Å². The molecule has 2 aromatic carbocycles. The van der Waals surface area contributed by atoms with Crippen LogP contribution < -0.4 is 4.74 Å². The Morgan fingerprint density at radius 2 is 2.00 bits per heavy atom. The maximum atomic E-state index is 10.4. The van der Waals surface area contributed by atoms with Crippen molar-refractivity contribution in [1.82, 2.24) is 4.98 Å². The molecule has 0 spiro atoms. The molecule has 0 amide bonds. The van der Waals surface area contributed by atoms with Gasteiger partial charge in [0.25, 0.3) is 0 Å². The first-order valence-corrected chi connectivity index (χ1v) is 7.67. The second-order valence-electron chi connectivity index (χ2n) is 5.73. The predicted molar refractivity (Wildman–Crippen MR) is 87.7 cm³/mol. The van der Waals surface area contributed by atoms with Crippen LogP contribution in [0, 0.1) is 0 Å². The Hall–Kier alpha value is -1.97. The van der Waals surface area contributed by atoms with Gasteiger partial charge in [0.05, 0.1) is 13.2 Å². The highest BCUT2D eigenvalue weighted by Crippen LogP contribution is 2.46. The van der Waals surface area contributed by atoms with E-state index in [1.165, 1.54) is 5.56 Å². The third-order valence-corrected chi connectivity index (χ3v) is 4.77. The van der Waals surface area contributed by atoms with E-state index in [1.54, 1.807) is 7.11 Å². The quantitative estimate of drug-likeness (QED) is 0.736. The fourth-order valence-electron chi connectivity index (χ4n) is 3.46. The van der Waals surface area contributed by atoms with E-state index < -0.39 is 6.10 Å². The number of aliphatic hydroxyl groups excluding tert-OH is 1. The summed E-state index contributed by atoms with van der Waals surface area (Å²) < 4.78 is 5.33. The minimum atomic E-state index is -0.464. The Labute approximate surface area is 133 Å². The van der Waals surface area contributed by atoms with Crippen LogP contribution in [-0.4, -0.2) is 17.2 Å². The fourth-order valence-corrected chi connectivity index (χ4v) is 3.64. The van der Waals surface area contributed by atoms with Crippen LogP contribution >= 0.6 is 11.6 Å². The van der Waals surface area contributed by atoms with E-state index in [-0.39, 0.29) is 5.92 Å². The zero-order chi connectivity index (χ0) is 15.3. The van der Waals surface area contributed by atoms with E-state index in [0.717, 1.165) is 27.8 Å². The van der Waals surface area contributed by atoms with Crippen LogP contribution in [0.4, 0.5) is 0 Å². The van der Waals surface area contributed by atoms with Gasteiger partial charge in [-0.3, -0.25) is 0 Å². The molecule has 0 saturated heterocycles. The standard InChI is InChI=1S/C18H16ClNO2/c1-22-11-3-5-17-14(7-11)16(9-20-17)13-8-18(21)15-6-10(19)2-4-12(13)15/h2-7,9,13,18,20-21H,8H2,1H3. The van der Waals surface area contributed by atoms with Gasteiger partial charge in [-0.25, -0.2) is 0 Å². The van der Waals surface area contributed by atoms with Crippen molar-refractivity contribution in [3.05, 3.63) is 64.3 Å². The number of nitrogens with one attached hydrogen (secondary N) is 1. The van der Waals surface area contributed by atoms with Gasteiger partial charge >= 0.3 is 0 Å². The molecule has 3 aromatic rings. The van der Waals surface area contributed by atoms with Gasteiger partial charge in [-0.15, -0.1) is 0 Å². The van der Waals surface area contributed by atoms with Crippen LogP contribution in [0.25, 0.3) is 10.9 Å². The molecule has 2 unspecified atom stereocenters. The molecule has 22 heavy (non-hydrogen) atoms. The molecule has 3 nitrogen and oxygen atoms in total. The third-order valence-electron chi connectivity index (χ3n) is 4.54. The molecule has 1 aliphatic rings. The van der Waals surface area contributed by atoms with Crippen LogP contribution in [0.2, 0.25) is 5.02 Å². The van der Waals surface area contributed by atoms with Gasteiger partial charge in [0.1, 0.15) is 5.75 Å². The number of aromatic nitrogens is 1. The number of halogens is 1. The summed E-state index contributed by atoms with van der Waals surface area (Å²) in [5.41, 5.74) is 4.36. The molecule has 1 aliphatic carbocycles. The summed E-state index contributed by atoms with van der Waals surface area (Å²) in [7, 11) is 1.67. The summed E-state index contributed by atoms with van der Waals surface area (Å²) in [5, 5.41) is 12.2. The highest BCUT2D eigenvalue weighted by atomic mass is 35.5. The molecule has 0 radical (unpaired) electrons. The Bertz CT molecular complexity index is 855. The first-order valence-electron chi connectivity index (χ1n) is 7.30. The van der Waals surface area contributed by atoms with Crippen molar-refractivity contribution in [1.29, 1.82) is 0 Å². The van der Waals surface area contributed by atoms with Crippen LogP contribution in [0.3, 0.4) is 0 Å². The molecule has 0 saturated carbocycles. The average Bonchev–Trinajstić information content (AvgIpc) is 3.08. The van der Waals surface area contributed by atoms with Crippen molar-refractivity contribution in [3.63, 3.8) is 0 Å². The van der Waals surface area contributed by atoms with Gasteiger partial charge in [-0.05, 0) is 53.4 Å². The van der Waals surface area contributed by atoms with Crippen molar-refractivity contribution in [3.8, 4) is 5.75 Å². The molecule has 1 heterocycles. The van der Waals surface area contributed by atoms with Gasteiger partial charge in [-0.1, -0.05) is 17.7 Å². The lowest BCUT2D eigenvalue weighted by Crippen LogP contribution is -1.95. The summed E-state index contributed by atoms with van der Waals surface area (Å²) in [6.45, 7) is 0. The highest BCUT2D eigenvalue weighted by molar-refractivity contribution is 6.30. The van der Waals surface area contributed by atoms with Gasteiger partial charge in [0, 0.05) is 28.0 Å². The van der Waals surface area contributed by atoms with E-state index in [0.29, 0.717) is 11.4 Å². The zero-order valence-electron chi connectivity index (χ0n) is 12.1. The number of aromatic amines is 1. The number of hydrogen-bond donors (Lipinski definition) is 2. The molecule has 0 bridgehead atoms. The summed E-state index contributed by atoms with van der Waals surface area (Å²) in [4.78, 5) is 3.31. The number of benzene rings is 2. The molecule has 1 aromatic heterocycles. The molecule has 4 rings (SSSR count). The van der Waals surface area contributed by atoms with E-state index in [9.17, 15) is 5.11 Å². The molecular weight excluding hydrogens is 298 g/mol. The summed E-state index contributed by atoms with van der Waals surface area (Å²) in [5.74, 6) is 1.01. The predicted octanol–water partition coefficient (Wildman–Crippen LogP) is 4.40. The number of rotatable bonds is 2. The topological polar surface area (TPSA) is 45.2 Å². The van der Waals surface area contributed by atoms with E-state index in [2.05, 4.69) is 4.98 Å². The van der Waals surface area contributed by atoms with E-state index in [4.69, 9.17) is 16.3 Å². The lowest BCUT2D eigenvalue weighted by Gasteiger charge is -2.11. The number of methoxy groups -OCH3 is 1. The lowest BCUT2D eigenvalue weighted by atomic mass is 9.92. The lowest BCUT2D eigenvalue weighted by molar-refractivity contribution is 0.176. The molecule has 4 heteroatoms. The van der Waals surface area contributed by atoms with Gasteiger partial charge in [-0.2, -0.15) is 0 Å². The second kappa shape index (κ2) is 5.04. The Morgan fingerprint density at radius 1 is 1.14 bits per heavy atom. The van der Waals surface area contributed by atoms with Crippen molar-refractivity contribution >= 4 is 22.5 Å². The first kappa shape index (κ1) is 13.7. The number of hydrogen-bond acceptors (Lipinski definition) is 2. The van der Waals surface area contributed by atoms with Gasteiger partial charge in [0.2, 0.25) is 0 Å². The maximum absolute atomic E-state index is 10.4.